The zero-order valence-corrected chi connectivity index (χ0v) is 17.2. The van der Waals surface area contributed by atoms with Gasteiger partial charge in [-0.05, 0) is 24.6 Å². The molecule has 10 nitrogen and oxygen atoms in total. The van der Waals surface area contributed by atoms with E-state index < -0.39 is 39.8 Å². The molecular weight excluding hydrogens is 402 g/mol. The first-order valence-corrected chi connectivity index (χ1v) is 10.8. The van der Waals surface area contributed by atoms with Crippen LogP contribution in [0.5, 0.6) is 5.75 Å². The third kappa shape index (κ3) is 6.16. The number of nitrogens with zero attached hydrogens (tertiary/aromatic N) is 1. The van der Waals surface area contributed by atoms with Gasteiger partial charge >= 0.3 is 5.97 Å². The summed E-state index contributed by atoms with van der Waals surface area (Å²) in [5, 5.41) is 14.4. The summed E-state index contributed by atoms with van der Waals surface area (Å²) in [7, 11) is -1.78. The largest absolute Gasteiger partial charge is 0.497 e. The summed E-state index contributed by atoms with van der Waals surface area (Å²) >= 11 is 0. The molecule has 2 rings (SSSR count). The Kier molecular flexibility index (Phi) is 7.20. The molecule has 0 unspecified atom stereocenters. The number of carboxylic acid groups (broad SMARTS) is 1. The minimum Gasteiger partial charge on any atom is -0.497 e. The summed E-state index contributed by atoms with van der Waals surface area (Å²) in [6.07, 6.45) is 1.13. The van der Waals surface area contributed by atoms with Gasteiger partial charge in [0.25, 0.3) is 0 Å². The van der Waals surface area contributed by atoms with Crippen molar-refractivity contribution in [2.75, 3.05) is 26.5 Å². The highest BCUT2D eigenvalue weighted by atomic mass is 32.2. The maximum absolute atomic E-state index is 12.3. The second kappa shape index (κ2) is 9.23. The highest BCUT2D eigenvalue weighted by molar-refractivity contribution is 7.88. The fraction of sp³-hybridized carbons (Fsp3) is 0.500. The Bertz CT molecular complexity index is 864. The summed E-state index contributed by atoms with van der Waals surface area (Å²) < 4.78 is 28.9. The molecule has 0 radical (unpaired) electrons. The number of methoxy groups -OCH3 is 1. The van der Waals surface area contributed by atoms with E-state index in [-0.39, 0.29) is 25.6 Å². The average Bonchev–Trinajstić information content (AvgIpc) is 2.62. The van der Waals surface area contributed by atoms with Crippen molar-refractivity contribution in [3.63, 3.8) is 0 Å². The van der Waals surface area contributed by atoms with Gasteiger partial charge in [0.2, 0.25) is 21.8 Å². The molecule has 1 saturated heterocycles. The monoisotopic (exact) mass is 427 g/mol. The molecule has 0 aliphatic carbocycles. The van der Waals surface area contributed by atoms with Crippen molar-refractivity contribution in [3.8, 4) is 5.75 Å². The molecule has 0 aromatic heterocycles. The Labute approximate surface area is 169 Å². The summed E-state index contributed by atoms with van der Waals surface area (Å²) in [4.78, 5) is 36.1. The third-order valence-electron chi connectivity index (χ3n) is 4.66. The number of hydrogen-bond donors (Lipinski definition) is 3. The highest BCUT2D eigenvalue weighted by Crippen LogP contribution is 2.14. The molecule has 1 aromatic rings. The van der Waals surface area contributed by atoms with Crippen molar-refractivity contribution in [1.29, 1.82) is 0 Å². The fourth-order valence-electron chi connectivity index (χ4n) is 2.74. The van der Waals surface area contributed by atoms with Gasteiger partial charge < -0.3 is 20.5 Å². The molecule has 1 aromatic carbocycles. The smallest absolute Gasteiger partial charge is 0.326 e. The van der Waals surface area contributed by atoms with Gasteiger partial charge in [0.05, 0.1) is 19.4 Å². The topological polar surface area (TPSA) is 142 Å². The van der Waals surface area contributed by atoms with Gasteiger partial charge in [-0.15, -0.1) is 0 Å². The number of rotatable bonds is 9. The number of aliphatic carboxylic acids is 1. The summed E-state index contributed by atoms with van der Waals surface area (Å²) in [5.41, 5.74) is 0.686. The molecule has 29 heavy (non-hydrogen) atoms. The van der Waals surface area contributed by atoms with Crippen LogP contribution in [0.15, 0.2) is 24.3 Å². The molecular formula is C18H25N3O7S. The van der Waals surface area contributed by atoms with Crippen LogP contribution in [-0.4, -0.2) is 74.2 Å². The van der Waals surface area contributed by atoms with Gasteiger partial charge in [0.15, 0.2) is 0 Å². The average molecular weight is 427 g/mol. The van der Waals surface area contributed by atoms with Crippen LogP contribution in [0, 0.1) is 5.92 Å². The minimum atomic E-state index is -3.30. The Hall–Kier alpha value is -2.66. The molecule has 2 atom stereocenters. The lowest BCUT2D eigenvalue weighted by atomic mass is 10.0. The first kappa shape index (κ1) is 22.6. The van der Waals surface area contributed by atoms with Crippen LogP contribution in [0.25, 0.3) is 0 Å². The zero-order valence-electron chi connectivity index (χ0n) is 16.4. The number of nitrogens with one attached hydrogen (secondary N) is 2. The molecule has 0 bridgehead atoms. The molecule has 3 N–H and O–H groups in total. The van der Waals surface area contributed by atoms with Crippen molar-refractivity contribution in [2.45, 2.75) is 25.4 Å². The van der Waals surface area contributed by atoms with Gasteiger partial charge in [-0.1, -0.05) is 12.1 Å². The van der Waals surface area contributed by atoms with E-state index in [1.54, 1.807) is 24.3 Å². The second-order valence-electron chi connectivity index (χ2n) is 6.96. The van der Waals surface area contributed by atoms with E-state index in [2.05, 4.69) is 10.6 Å². The van der Waals surface area contributed by atoms with E-state index in [1.165, 1.54) is 18.3 Å². The number of hydrogen-bond acceptors (Lipinski definition) is 6. The van der Waals surface area contributed by atoms with Crippen LogP contribution in [0.4, 0.5) is 0 Å². The van der Waals surface area contributed by atoms with E-state index >= 15 is 0 Å². The van der Waals surface area contributed by atoms with Crippen LogP contribution in [0.3, 0.4) is 0 Å². The normalized spacial score (nSPS) is 16.9. The van der Waals surface area contributed by atoms with Crippen molar-refractivity contribution in [2.24, 2.45) is 5.92 Å². The Morgan fingerprint density at radius 2 is 1.79 bits per heavy atom. The van der Waals surface area contributed by atoms with Crippen LogP contribution < -0.4 is 15.4 Å². The molecule has 1 fully saturated rings. The molecule has 1 aliphatic heterocycles. The van der Waals surface area contributed by atoms with E-state index in [1.807, 2.05) is 0 Å². The molecule has 1 heterocycles. The maximum Gasteiger partial charge on any atom is 0.326 e. The van der Waals surface area contributed by atoms with Crippen LogP contribution in [-0.2, 0) is 30.8 Å². The zero-order chi connectivity index (χ0) is 21.8. The lowest BCUT2D eigenvalue weighted by Crippen LogP contribution is -2.61. The summed E-state index contributed by atoms with van der Waals surface area (Å²) in [6.45, 7) is 1.66. The van der Waals surface area contributed by atoms with Crippen LogP contribution >= 0.6 is 0 Å². The van der Waals surface area contributed by atoms with Gasteiger partial charge in [-0.3, -0.25) is 9.59 Å². The predicted octanol–water partition coefficient (Wildman–Crippen LogP) is -0.797. The van der Waals surface area contributed by atoms with E-state index in [0.29, 0.717) is 11.3 Å². The number of carbonyl (C=O) groups excluding carboxylic acids is 2. The number of amides is 2. The van der Waals surface area contributed by atoms with Gasteiger partial charge in [-0.25, -0.2) is 13.2 Å². The number of ether oxygens (including phenoxy) is 1. The van der Waals surface area contributed by atoms with Crippen molar-refractivity contribution in [3.05, 3.63) is 29.8 Å². The van der Waals surface area contributed by atoms with E-state index in [4.69, 9.17) is 4.74 Å². The summed E-state index contributed by atoms with van der Waals surface area (Å²) in [6, 6.07) is 5.19. The SMILES string of the molecule is COc1ccc(C[C@H](NC(=O)[C@@H](C)C(=O)NC2CN(S(C)(=O)=O)C2)C(=O)O)cc1. The molecule has 11 heteroatoms. The molecule has 0 saturated carbocycles. The minimum absolute atomic E-state index is 0.0470. The molecule has 2 amide bonds. The van der Waals surface area contributed by atoms with Gasteiger partial charge in [-0.2, -0.15) is 4.31 Å². The first-order valence-electron chi connectivity index (χ1n) is 8.93. The number of carbonyl (C=O) groups is 3. The lowest BCUT2D eigenvalue weighted by molar-refractivity contribution is -0.144. The van der Waals surface area contributed by atoms with Crippen molar-refractivity contribution in [1.82, 2.24) is 14.9 Å². The second-order valence-corrected chi connectivity index (χ2v) is 8.94. The number of sulfonamides is 1. The quantitative estimate of drug-likeness (QED) is 0.438. The van der Waals surface area contributed by atoms with E-state index in [0.717, 1.165) is 6.26 Å². The van der Waals surface area contributed by atoms with E-state index in [9.17, 15) is 27.9 Å². The molecule has 1 aliphatic rings. The molecule has 160 valence electrons. The number of carboxylic acids is 1. The maximum atomic E-state index is 12.3. The van der Waals surface area contributed by atoms with Crippen LogP contribution in [0.1, 0.15) is 12.5 Å². The number of benzene rings is 1. The molecule has 0 spiro atoms. The van der Waals surface area contributed by atoms with Gasteiger partial charge in [0.1, 0.15) is 17.7 Å². The van der Waals surface area contributed by atoms with Crippen molar-refractivity contribution >= 4 is 27.8 Å². The fourth-order valence-corrected chi connectivity index (χ4v) is 3.64. The van der Waals surface area contributed by atoms with Gasteiger partial charge in [0, 0.05) is 19.5 Å². The first-order chi connectivity index (χ1) is 13.5. The highest BCUT2D eigenvalue weighted by Gasteiger charge is 2.36. The van der Waals surface area contributed by atoms with Crippen molar-refractivity contribution < 1.29 is 32.6 Å². The Balaban J connectivity index is 1.89. The van der Waals surface area contributed by atoms with Crippen LogP contribution in [0.2, 0.25) is 0 Å². The third-order valence-corrected chi connectivity index (χ3v) is 5.90. The Morgan fingerprint density at radius 3 is 2.28 bits per heavy atom. The predicted molar refractivity (Wildman–Crippen MR) is 104 cm³/mol. The standard InChI is InChI=1S/C18H25N3O7S/c1-11(16(22)19-13-9-21(10-13)29(3,26)27)17(23)20-15(18(24)25)8-12-4-6-14(28-2)7-5-12/h4-7,11,13,15H,8-10H2,1-3H3,(H,19,22)(H,20,23)(H,24,25)/t11-,15-/m0/s1. The Morgan fingerprint density at radius 1 is 1.21 bits per heavy atom. The lowest BCUT2D eigenvalue weighted by Gasteiger charge is -2.37. The summed E-state index contributed by atoms with van der Waals surface area (Å²) in [5.74, 6) is -3.03.